The molecule has 21 heavy (non-hydrogen) atoms. The van der Waals surface area contributed by atoms with E-state index in [1.54, 1.807) is 0 Å². The standard InChI is InChI=1S/C16H24O5/c1-12(17)19-13-6-8-15(7-4-5-11-18-15)21-16(13)10-9-14(2,3)20-16/h6,8,13H,4-5,7,9-11H2,1-3H3/t13-,15-,16+/m0/s1. The van der Waals surface area contributed by atoms with E-state index in [9.17, 15) is 4.79 Å². The number of esters is 1. The number of ether oxygens (including phenoxy) is 4. The van der Waals surface area contributed by atoms with Crippen molar-refractivity contribution in [2.45, 2.75) is 76.2 Å². The Labute approximate surface area is 125 Å². The van der Waals surface area contributed by atoms with E-state index in [-0.39, 0.29) is 11.6 Å². The minimum Gasteiger partial charge on any atom is -0.453 e. The van der Waals surface area contributed by atoms with Crippen molar-refractivity contribution in [3.05, 3.63) is 12.2 Å². The Balaban J connectivity index is 1.89. The zero-order valence-corrected chi connectivity index (χ0v) is 13.0. The first-order valence-corrected chi connectivity index (χ1v) is 7.76. The van der Waals surface area contributed by atoms with Crippen LogP contribution in [0.15, 0.2) is 12.2 Å². The Morgan fingerprint density at radius 2 is 2.00 bits per heavy atom. The van der Waals surface area contributed by atoms with Gasteiger partial charge in [0.15, 0.2) is 11.9 Å². The predicted molar refractivity (Wildman–Crippen MR) is 75.4 cm³/mol. The van der Waals surface area contributed by atoms with Gasteiger partial charge in [-0.05, 0) is 45.3 Å². The first kappa shape index (κ1) is 15.0. The van der Waals surface area contributed by atoms with Crippen LogP contribution in [0.1, 0.15) is 52.9 Å². The molecule has 2 spiro atoms. The maximum atomic E-state index is 11.4. The van der Waals surface area contributed by atoms with E-state index in [2.05, 4.69) is 0 Å². The van der Waals surface area contributed by atoms with Crippen LogP contribution in [-0.2, 0) is 23.7 Å². The van der Waals surface area contributed by atoms with Crippen molar-refractivity contribution in [3.8, 4) is 0 Å². The second kappa shape index (κ2) is 5.07. The van der Waals surface area contributed by atoms with Gasteiger partial charge in [-0.1, -0.05) is 0 Å². The molecule has 0 aromatic rings. The molecular weight excluding hydrogens is 272 g/mol. The van der Waals surface area contributed by atoms with Crippen LogP contribution in [0, 0.1) is 0 Å². The van der Waals surface area contributed by atoms with Gasteiger partial charge in [0.25, 0.3) is 0 Å². The molecule has 3 atom stereocenters. The number of rotatable bonds is 1. The van der Waals surface area contributed by atoms with E-state index in [1.807, 2.05) is 26.0 Å². The van der Waals surface area contributed by atoms with Gasteiger partial charge in [0, 0.05) is 19.8 Å². The second-order valence-electron chi connectivity index (χ2n) is 6.78. The lowest BCUT2D eigenvalue weighted by molar-refractivity contribution is -0.376. The Morgan fingerprint density at radius 3 is 2.57 bits per heavy atom. The summed E-state index contributed by atoms with van der Waals surface area (Å²) in [5.74, 6) is -1.99. The van der Waals surface area contributed by atoms with Crippen molar-refractivity contribution >= 4 is 5.97 Å². The third kappa shape index (κ3) is 2.87. The van der Waals surface area contributed by atoms with Gasteiger partial charge in [-0.2, -0.15) is 0 Å². The SMILES string of the molecule is CC(=O)O[C@H]1C=C[C@]2(CCCCO2)O[C@]12CCC(C)(C)O2. The van der Waals surface area contributed by atoms with Crippen LogP contribution in [0.5, 0.6) is 0 Å². The van der Waals surface area contributed by atoms with Gasteiger partial charge < -0.3 is 18.9 Å². The van der Waals surface area contributed by atoms with E-state index < -0.39 is 17.7 Å². The molecule has 3 aliphatic heterocycles. The molecule has 0 N–H and O–H groups in total. The quantitative estimate of drug-likeness (QED) is 0.550. The fourth-order valence-corrected chi connectivity index (χ4v) is 3.39. The number of carbonyl (C=O) groups excluding carboxylic acids is 1. The molecule has 0 amide bonds. The highest BCUT2D eigenvalue weighted by atomic mass is 16.8. The van der Waals surface area contributed by atoms with E-state index in [1.165, 1.54) is 6.92 Å². The molecule has 0 unspecified atom stereocenters. The fourth-order valence-electron chi connectivity index (χ4n) is 3.39. The lowest BCUT2D eigenvalue weighted by atomic mass is 9.95. The summed E-state index contributed by atoms with van der Waals surface area (Å²) in [4.78, 5) is 11.4. The van der Waals surface area contributed by atoms with Gasteiger partial charge in [0.1, 0.15) is 0 Å². The van der Waals surface area contributed by atoms with Crippen LogP contribution >= 0.6 is 0 Å². The van der Waals surface area contributed by atoms with E-state index >= 15 is 0 Å². The van der Waals surface area contributed by atoms with E-state index in [4.69, 9.17) is 18.9 Å². The van der Waals surface area contributed by atoms with Gasteiger partial charge in [0.05, 0.1) is 12.2 Å². The van der Waals surface area contributed by atoms with E-state index in [0.717, 1.165) is 25.7 Å². The molecule has 3 rings (SSSR count). The van der Waals surface area contributed by atoms with Crippen LogP contribution in [0.4, 0.5) is 0 Å². The minimum absolute atomic E-state index is 0.292. The van der Waals surface area contributed by atoms with Crippen LogP contribution in [0.2, 0.25) is 0 Å². The molecular formula is C16H24O5. The van der Waals surface area contributed by atoms with Crippen LogP contribution in [-0.4, -0.2) is 35.9 Å². The molecule has 5 heteroatoms. The van der Waals surface area contributed by atoms with Gasteiger partial charge in [-0.25, -0.2) is 0 Å². The minimum atomic E-state index is -0.929. The maximum Gasteiger partial charge on any atom is 0.303 e. The number of hydrogen-bond acceptors (Lipinski definition) is 5. The molecule has 2 saturated heterocycles. The highest BCUT2D eigenvalue weighted by Gasteiger charge is 2.58. The Morgan fingerprint density at radius 1 is 1.19 bits per heavy atom. The third-order valence-corrected chi connectivity index (χ3v) is 4.39. The molecule has 0 saturated carbocycles. The molecule has 3 heterocycles. The number of hydrogen-bond donors (Lipinski definition) is 0. The lowest BCUT2D eigenvalue weighted by Crippen LogP contribution is -2.57. The molecule has 5 nitrogen and oxygen atoms in total. The average Bonchev–Trinajstić information content (AvgIpc) is 2.70. The fraction of sp³-hybridized carbons (Fsp3) is 0.812. The largest absolute Gasteiger partial charge is 0.453 e. The van der Waals surface area contributed by atoms with Crippen molar-refractivity contribution in [1.29, 1.82) is 0 Å². The van der Waals surface area contributed by atoms with Gasteiger partial charge >= 0.3 is 5.97 Å². The topological polar surface area (TPSA) is 54.0 Å². The summed E-state index contributed by atoms with van der Waals surface area (Å²) in [5.41, 5.74) is -0.292. The second-order valence-corrected chi connectivity index (χ2v) is 6.78. The molecule has 0 aromatic carbocycles. The number of carbonyl (C=O) groups is 1. The normalized spacial score (nSPS) is 41.6. The Hall–Kier alpha value is -0.910. The predicted octanol–water partition coefficient (Wildman–Crippen LogP) is 2.69. The molecule has 0 aliphatic carbocycles. The summed E-state index contributed by atoms with van der Waals surface area (Å²) < 4.78 is 23.8. The Bertz CT molecular complexity index is 450. The summed E-state index contributed by atoms with van der Waals surface area (Å²) in [7, 11) is 0. The van der Waals surface area contributed by atoms with Crippen molar-refractivity contribution in [1.82, 2.24) is 0 Å². The molecule has 0 radical (unpaired) electrons. The van der Waals surface area contributed by atoms with Crippen LogP contribution in [0.25, 0.3) is 0 Å². The molecule has 3 aliphatic rings. The van der Waals surface area contributed by atoms with E-state index in [0.29, 0.717) is 13.0 Å². The highest BCUT2D eigenvalue weighted by molar-refractivity contribution is 5.66. The highest BCUT2D eigenvalue weighted by Crippen LogP contribution is 2.48. The molecule has 0 bridgehead atoms. The zero-order chi connectivity index (χ0) is 15.1. The van der Waals surface area contributed by atoms with Gasteiger partial charge in [0.2, 0.25) is 5.79 Å². The molecule has 118 valence electrons. The lowest BCUT2D eigenvalue weighted by Gasteiger charge is -2.47. The van der Waals surface area contributed by atoms with Crippen molar-refractivity contribution in [2.75, 3.05) is 6.61 Å². The maximum absolute atomic E-state index is 11.4. The first-order chi connectivity index (χ1) is 9.85. The van der Waals surface area contributed by atoms with Gasteiger partial charge in [-0.3, -0.25) is 4.79 Å². The van der Waals surface area contributed by atoms with Crippen LogP contribution < -0.4 is 0 Å². The summed E-state index contributed by atoms with van der Waals surface area (Å²) in [5, 5.41) is 0. The van der Waals surface area contributed by atoms with Crippen molar-refractivity contribution in [2.24, 2.45) is 0 Å². The third-order valence-electron chi connectivity index (χ3n) is 4.39. The first-order valence-electron chi connectivity index (χ1n) is 7.76. The Kier molecular flexibility index (Phi) is 3.62. The molecule has 0 aromatic heterocycles. The summed E-state index contributed by atoms with van der Waals surface area (Å²) in [6.07, 6.45) is 7.70. The summed E-state index contributed by atoms with van der Waals surface area (Å²) in [6, 6.07) is 0. The summed E-state index contributed by atoms with van der Waals surface area (Å²) >= 11 is 0. The average molecular weight is 296 g/mol. The monoisotopic (exact) mass is 296 g/mol. The van der Waals surface area contributed by atoms with Crippen molar-refractivity contribution in [3.63, 3.8) is 0 Å². The van der Waals surface area contributed by atoms with Crippen LogP contribution in [0.3, 0.4) is 0 Å². The zero-order valence-electron chi connectivity index (χ0n) is 13.0. The smallest absolute Gasteiger partial charge is 0.303 e. The summed E-state index contributed by atoms with van der Waals surface area (Å²) in [6.45, 7) is 6.15. The van der Waals surface area contributed by atoms with Crippen molar-refractivity contribution < 1.29 is 23.7 Å². The molecule has 2 fully saturated rings. The van der Waals surface area contributed by atoms with Gasteiger partial charge in [-0.15, -0.1) is 0 Å².